The van der Waals surface area contributed by atoms with Crippen molar-refractivity contribution in [1.29, 1.82) is 0 Å². The van der Waals surface area contributed by atoms with Gasteiger partial charge in [-0.05, 0) is 47.6 Å². The molecular formula is C36H42O8. The van der Waals surface area contributed by atoms with E-state index in [1.807, 2.05) is 6.92 Å². The lowest BCUT2D eigenvalue weighted by Crippen LogP contribution is -2.08. The Morgan fingerprint density at radius 2 is 1.14 bits per heavy atom. The molecule has 44 heavy (non-hydrogen) atoms. The molecule has 1 aliphatic rings. The molecular weight excluding hydrogens is 560 g/mol. The molecule has 0 saturated carbocycles. The van der Waals surface area contributed by atoms with Crippen LogP contribution in [0, 0.1) is 13.8 Å². The number of aldehydes is 1. The van der Waals surface area contributed by atoms with E-state index in [4.69, 9.17) is 33.2 Å². The van der Waals surface area contributed by atoms with Crippen molar-refractivity contribution in [2.45, 2.75) is 59.7 Å². The second kappa shape index (κ2) is 11.7. The van der Waals surface area contributed by atoms with Gasteiger partial charge in [-0.25, -0.2) is 0 Å². The Balaban J connectivity index is 2.03. The van der Waals surface area contributed by atoms with Gasteiger partial charge in [0.15, 0.2) is 29.3 Å². The summed E-state index contributed by atoms with van der Waals surface area (Å²) in [4.78, 5) is 12.8. The molecule has 8 heteroatoms. The van der Waals surface area contributed by atoms with E-state index in [0.717, 1.165) is 61.4 Å². The van der Waals surface area contributed by atoms with Crippen molar-refractivity contribution >= 4 is 27.8 Å². The van der Waals surface area contributed by atoms with Gasteiger partial charge < -0.3 is 33.2 Å². The summed E-state index contributed by atoms with van der Waals surface area (Å²) in [5.74, 6) is 3.62. The van der Waals surface area contributed by atoms with Gasteiger partial charge in [0.1, 0.15) is 11.5 Å². The van der Waals surface area contributed by atoms with Gasteiger partial charge >= 0.3 is 0 Å². The summed E-state index contributed by atoms with van der Waals surface area (Å²) >= 11 is 0. The number of hydrogen-bond donors (Lipinski definition) is 0. The molecule has 4 aromatic rings. The summed E-state index contributed by atoms with van der Waals surface area (Å²) in [6.07, 6.45) is 0.0934. The van der Waals surface area contributed by atoms with E-state index in [2.05, 4.69) is 46.8 Å². The highest BCUT2D eigenvalue weighted by Gasteiger charge is 2.38. The first-order chi connectivity index (χ1) is 21.1. The van der Waals surface area contributed by atoms with E-state index in [0.29, 0.717) is 45.4 Å². The van der Waals surface area contributed by atoms with Gasteiger partial charge in [-0.2, -0.15) is 0 Å². The molecule has 0 aliphatic carbocycles. The van der Waals surface area contributed by atoms with Gasteiger partial charge in [-0.3, -0.25) is 4.79 Å². The molecule has 234 valence electrons. The molecule has 0 spiro atoms. The summed E-state index contributed by atoms with van der Waals surface area (Å²) in [5, 5.41) is 3.46. The van der Waals surface area contributed by atoms with Crippen LogP contribution in [-0.4, -0.2) is 48.9 Å². The molecule has 1 aliphatic heterocycles. The molecule has 0 bridgehead atoms. The summed E-state index contributed by atoms with van der Waals surface area (Å²) < 4.78 is 42.3. The summed E-state index contributed by atoms with van der Waals surface area (Å²) in [5.41, 5.74) is 6.72. The molecule has 4 aromatic carbocycles. The third-order valence-electron chi connectivity index (χ3n) is 8.69. The Labute approximate surface area is 259 Å². The fraction of sp³-hybridized carbons (Fsp3) is 0.417. The van der Waals surface area contributed by atoms with Crippen LogP contribution in [-0.2, 0) is 4.74 Å². The summed E-state index contributed by atoms with van der Waals surface area (Å²) in [6.45, 7) is 12.6. The van der Waals surface area contributed by atoms with E-state index < -0.39 is 6.29 Å². The van der Waals surface area contributed by atoms with E-state index >= 15 is 0 Å². The Kier molecular flexibility index (Phi) is 8.33. The first kappa shape index (κ1) is 31.3. The number of carbonyl (C=O) groups excluding carboxylic acids is 1. The van der Waals surface area contributed by atoms with Gasteiger partial charge in [0, 0.05) is 40.1 Å². The zero-order valence-corrected chi connectivity index (χ0v) is 27.7. The first-order valence-electron chi connectivity index (χ1n) is 14.8. The van der Waals surface area contributed by atoms with Crippen molar-refractivity contribution in [3.05, 3.63) is 45.5 Å². The lowest BCUT2D eigenvalue weighted by Gasteiger charge is -2.25. The van der Waals surface area contributed by atoms with Crippen molar-refractivity contribution in [2.24, 2.45) is 0 Å². The molecule has 0 aromatic heterocycles. The van der Waals surface area contributed by atoms with Gasteiger partial charge in [-0.15, -0.1) is 0 Å². The topological polar surface area (TPSA) is 81.7 Å². The number of rotatable bonds is 10. The highest BCUT2D eigenvalue weighted by atomic mass is 16.7. The average molecular weight is 603 g/mol. The maximum atomic E-state index is 12.8. The van der Waals surface area contributed by atoms with Gasteiger partial charge in [0.05, 0.1) is 46.7 Å². The van der Waals surface area contributed by atoms with Crippen LogP contribution in [0.5, 0.6) is 34.5 Å². The predicted octanol–water partition coefficient (Wildman–Crippen LogP) is 8.42. The lowest BCUT2D eigenvalue weighted by atomic mass is 9.83. The van der Waals surface area contributed by atoms with E-state index in [1.54, 1.807) is 42.7 Å². The minimum atomic E-state index is -0.715. The standard InChI is InChI=1S/C36H42O8/c1-16(2)23-20-13-18(5)25(31(39-8)27(20)22(15-37)30(38-7)33(23)40-9)26-19(6)14-21-24(17(3)4)34(41-10)35(42-11)29-28(21)32(26)44-36(29)43-12/h13-17,36H,1-12H3. The lowest BCUT2D eigenvalue weighted by molar-refractivity contribution is -0.0481. The number of aryl methyl sites for hydroxylation is 2. The molecule has 0 fully saturated rings. The highest BCUT2D eigenvalue weighted by Crippen LogP contribution is 2.59. The molecule has 8 nitrogen and oxygen atoms in total. The number of hydrogen-bond acceptors (Lipinski definition) is 8. The maximum Gasteiger partial charge on any atom is 0.231 e. The van der Waals surface area contributed by atoms with Crippen LogP contribution in [0.2, 0.25) is 0 Å². The fourth-order valence-corrected chi connectivity index (χ4v) is 7.06. The van der Waals surface area contributed by atoms with E-state index in [-0.39, 0.29) is 11.8 Å². The Morgan fingerprint density at radius 1 is 0.659 bits per heavy atom. The van der Waals surface area contributed by atoms with Gasteiger partial charge in [-0.1, -0.05) is 39.8 Å². The van der Waals surface area contributed by atoms with Crippen molar-refractivity contribution < 1.29 is 38.0 Å². The van der Waals surface area contributed by atoms with Crippen LogP contribution >= 0.6 is 0 Å². The number of ether oxygens (including phenoxy) is 7. The molecule has 0 N–H and O–H groups in total. The zero-order valence-electron chi connectivity index (χ0n) is 27.7. The molecule has 0 saturated heterocycles. The molecule has 1 heterocycles. The molecule has 0 amide bonds. The van der Waals surface area contributed by atoms with E-state index in [9.17, 15) is 4.79 Å². The van der Waals surface area contributed by atoms with Crippen molar-refractivity contribution in [2.75, 3.05) is 42.7 Å². The third-order valence-corrected chi connectivity index (χ3v) is 8.69. The minimum Gasteiger partial charge on any atom is -0.495 e. The molecule has 5 rings (SSSR count). The normalized spacial score (nSPS) is 14.0. The van der Waals surface area contributed by atoms with Crippen LogP contribution in [0.15, 0.2) is 12.1 Å². The second-order valence-corrected chi connectivity index (χ2v) is 11.7. The summed E-state index contributed by atoms with van der Waals surface area (Å²) in [7, 11) is 9.68. The molecule has 1 atom stereocenters. The van der Waals surface area contributed by atoms with Gasteiger partial charge in [0.2, 0.25) is 6.29 Å². The molecule has 1 unspecified atom stereocenters. The SMILES string of the molecule is COc1c(OC)c(C=O)c2c(OC)c(-c3c(C)cc4c(C(C)C)c(OC)c(OC)c5c4c3OC5OC)c(C)cc2c1C(C)C. The minimum absolute atomic E-state index is 0.0716. The Morgan fingerprint density at radius 3 is 1.59 bits per heavy atom. The predicted molar refractivity (Wildman–Crippen MR) is 173 cm³/mol. The maximum absolute atomic E-state index is 12.8. The monoisotopic (exact) mass is 602 g/mol. The number of methoxy groups -OCH3 is 6. The van der Waals surface area contributed by atoms with Gasteiger partial charge in [0.25, 0.3) is 0 Å². The van der Waals surface area contributed by atoms with Crippen LogP contribution in [0.4, 0.5) is 0 Å². The van der Waals surface area contributed by atoms with Crippen LogP contribution < -0.4 is 28.4 Å². The van der Waals surface area contributed by atoms with Crippen molar-refractivity contribution in [3.8, 4) is 45.6 Å². The van der Waals surface area contributed by atoms with Crippen LogP contribution in [0.25, 0.3) is 32.7 Å². The van der Waals surface area contributed by atoms with Crippen LogP contribution in [0.1, 0.15) is 84.0 Å². The number of carbonyl (C=O) groups is 1. The Bertz CT molecular complexity index is 1800. The highest BCUT2D eigenvalue weighted by molar-refractivity contribution is 6.13. The summed E-state index contributed by atoms with van der Waals surface area (Å²) in [6, 6.07) is 4.28. The Hall–Kier alpha value is -4.17. The quantitative estimate of drug-likeness (QED) is 0.167. The smallest absolute Gasteiger partial charge is 0.231 e. The fourth-order valence-electron chi connectivity index (χ4n) is 7.06. The van der Waals surface area contributed by atoms with Crippen molar-refractivity contribution in [1.82, 2.24) is 0 Å². The van der Waals surface area contributed by atoms with Crippen molar-refractivity contribution in [3.63, 3.8) is 0 Å². The number of fused-ring (bicyclic) bond motifs is 1. The zero-order chi connectivity index (χ0) is 32.2. The van der Waals surface area contributed by atoms with Crippen LogP contribution in [0.3, 0.4) is 0 Å². The largest absolute Gasteiger partial charge is 0.495 e. The third kappa shape index (κ3) is 4.25. The molecule has 0 radical (unpaired) electrons. The average Bonchev–Trinajstić information content (AvgIpc) is 3.38. The first-order valence-corrected chi connectivity index (χ1v) is 14.8. The number of benzene rings is 4. The second-order valence-electron chi connectivity index (χ2n) is 11.7. The van der Waals surface area contributed by atoms with E-state index in [1.165, 1.54) is 0 Å².